The number of benzene rings is 1. The van der Waals surface area contributed by atoms with E-state index in [0.717, 1.165) is 37.1 Å². The molecule has 1 aromatic rings. The number of hydrogen-bond donors (Lipinski definition) is 1. The number of rotatable bonds is 3. The molecule has 2 unspecified atom stereocenters. The molecule has 1 aliphatic carbocycles. The van der Waals surface area contributed by atoms with Crippen molar-refractivity contribution < 1.29 is 13.6 Å². The summed E-state index contributed by atoms with van der Waals surface area (Å²) in [5.74, 6) is -1.91. The van der Waals surface area contributed by atoms with Crippen LogP contribution in [0.5, 0.6) is 0 Å². The van der Waals surface area contributed by atoms with Gasteiger partial charge in [-0.05, 0) is 37.3 Å². The SMILES string of the molecule is Cc1ccc(F)c(C(=O)NC2CCCCC2CBr)c1F. The van der Waals surface area contributed by atoms with Crippen LogP contribution in [-0.2, 0) is 0 Å². The number of carbonyl (C=O) groups is 1. The normalized spacial score (nSPS) is 22.6. The van der Waals surface area contributed by atoms with Crippen LogP contribution in [0.1, 0.15) is 41.6 Å². The lowest BCUT2D eigenvalue weighted by molar-refractivity contribution is 0.0903. The van der Waals surface area contributed by atoms with Gasteiger partial charge in [-0.25, -0.2) is 8.78 Å². The van der Waals surface area contributed by atoms with Crippen molar-refractivity contribution in [1.82, 2.24) is 5.32 Å². The zero-order chi connectivity index (χ0) is 14.7. The van der Waals surface area contributed by atoms with Crippen molar-refractivity contribution in [3.63, 3.8) is 0 Å². The Kier molecular flexibility index (Phi) is 5.13. The van der Waals surface area contributed by atoms with Crippen LogP contribution < -0.4 is 5.32 Å². The molecular formula is C15H18BrF2NO. The molecule has 110 valence electrons. The second-order valence-electron chi connectivity index (χ2n) is 5.33. The minimum absolute atomic E-state index is 0.0186. The van der Waals surface area contributed by atoms with E-state index < -0.39 is 23.1 Å². The molecule has 1 fully saturated rings. The predicted octanol–water partition coefficient (Wildman–Crippen LogP) is 3.96. The van der Waals surface area contributed by atoms with Crippen molar-refractivity contribution in [2.24, 2.45) is 5.92 Å². The van der Waals surface area contributed by atoms with Crippen LogP contribution in [-0.4, -0.2) is 17.3 Å². The highest BCUT2D eigenvalue weighted by molar-refractivity contribution is 9.09. The summed E-state index contributed by atoms with van der Waals surface area (Å²) in [5, 5.41) is 3.58. The van der Waals surface area contributed by atoms with Gasteiger partial charge < -0.3 is 5.32 Å². The average molecular weight is 346 g/mol. The molecule has 0 aliphatic heterocycles. The first-order valence-electron chi connectivity index (χ1n) is 6.86. The molecule has 0 bridgehead atoms. The summed E-state index contributed by atoms with van der Waals surface area (Å²) in [6.45, 7) is 1.52. The monoisotopic (exact) mass is 345 g/mol. The summed E-state index contributed by atoms with van der Waals surface area (Å²) >= 11 is 3.44. The standard InChI is InChI=1S/C15H18BrF2NO/c1-9-6-7-11(17)13(14(9)18)15(20)19-12-5-3-2-4-10(12)8-16/h6-7,10,12H,2-5,8H2,1H3,(H,19,20). The van der Waals surface area contributed by atoms with Gasteiger partial charge >= 0.3 is 0 Å². The molecule has 20 heavy (non-hydrogen) atoms. The first-order valence-corrected chi connectivity index (χ1v) is 7.98. The van der Waals surface area contributed by atoms with Crippen molar-refractivity contribution in [2.45, 2.75) is 38.6 Å². The van der Waals surface area contributed by atoms with Crippen molar-refractivity contribution in [3.05, 3.63) is 34.9 Å². The predicted molar refractivity (Wildman–Crippen MR) is 78.1 cm³/mol. The van der Waals surface area contributed by atoms with E-state index in [1.54, 1.807) is 0 Å². The molecule has 0 heterocycles. The van der Waals surface area contributed by atoms with E-state index in [0.29, 0.717) is 5.92 Å². The highest BCUT2D eigenvalue weighted by Gasteiger charge is 2.28. The largest absolute Gasteiger partial charge is 0.349 e. The van der Waals surface area contributed by atoms with Crippen LogP contribution in [0.4, 0.5) is 8.78 Å². The minimum atomic E-state index is -0.809. The number of hydrogen-bond acceptors (Lipinski definition) is 1. The fraction of sp³-hybridized carbons (Fsp3) is 0.533. The Balaban J connectivity index is 2.18. The minimum Gasteiger partial charge on any atom is -0.349 e. The number of amides is 1. The number of nitrogens with one attached hydrogen (secondary N) is 1. The summed E-state index contributed by atoms with van der Waals surface area (Å²) in [5.41, 5.74) is -0.193. The van der Waals surface area contributed by atoms with Crippen molar-refractivity contribution in [3.8, 4) is 0 Å². The molecule has 1 amide bonds. The first kappa shape index (κ1) is 15.4. The number of halogens is 3. The summed E-state index contributed by atoms with van der Waals surface area (Å²) in [7, 11) is 0. The average Bonchev–Trinajstić information content (AvgIpc) is 2.44. The van der Waals surface area contributed by atoms with Gasteiger partial charge in [0.2, 0.25) is 0 Å². The fourth-order valence-corrected chi connectivity index (χ4v) is 3.46. The van der Waals surface area contributed by atoms with Crippen LogP contribution in [0.3, 0.4) is 0 Å². The second-order valence-corrected chi connectivity index (χ2v) is 5.98. The van der Waals surface area contributed by atoms with Gasteiger partial charge in [0, 0.05) is 11.4 Å². The maximum absolute atomic E-state index is 13.9. The molecular weight excluding hydrogens is 328 g/mol. The highest BCUT2D eigenvalue weighted by atomic mass is 79.9. The van der Waals surface area contributed by atoms with Gasteiger partial charge in [0.1, 0.15) is 17.2 Å². The summed E-state index contributed by atoms with van der Waals surface area (Å²) in [4.78, 5) is 12.2. The number of carbonyl (C=O) groups excluding carboxylic acids is 1. The van der Waals surface area contributed by atoms with E-state index >= 15 is 0 Å². The molecule has 5 heteroatoms. The quantitative estimate of drug-likeness (QED) is 0.825. The van der Waals surface area contributed by atoms with Gasteiger partial charge in [0.15, 0.2) is 0 Å². The zero-order valence-electron chi connectivity index (χ0n) is 11.4. The Morgan fingerprint density at radius 2 is 2.05 bits per heavy atom. The molecule has 2 rings (SSSR count). The molecule has 1 N–H and O–H groups in total. The third-order valence-electron chi connectivity index (χ3n) is 3.94. The lowest BCUT2D eigenvalue weighted by atomic mass is 9.85. The first-order chi connectivity index (χ1) is 9.54. The summed E-state index contributed by atoms with van der Waals surface area (Å²) in [6, 6.07) is 2.45. The lowest BCUT2D eigenvalue weighted by Crippen LogP contribution is -2.43. The van der Waals surface area contributed by atoms with Gasteiger partial charge in [-0.3, -0.25) is 4.79 Å². The van der Waals surface area contributed by atoms with E-state index in [4.69, 9.17) is 0 Å². The molecule has 0 radical (unpaired) electrons. The smallest absolute Gasteiger partial charge is 0.257 e. The Morgan fingerprint density at radius 1 is 1.35 bits per heavy atom. The van der Waals surface area contributed by atoms with Gasteiger partial charge in [0.25, 0.3) is 5.91 Å². The van der Waals surface area contributed by atoms with E-state index in [1.165, 1.54) is 13.0 Å². The zero-order valence-corrected chi connectivity index (χ0v) is 13.0. The van der Waals surface area contributed by atoms with Crippen LogP contribution in [0, 0.1) is 24.5 Å². The number of aryl methyl sites for hydroxylation is 1. The van der Waals surface area contributed by atoms with E-state index in [9.17, 15) is 13.6 Å². The van der Waals surface area contributed by atoms with E-state index in [1.807, 2.05) is 0 Å². The van der Waals surface area contributed by atoms with E-state index in [-0.39, 0.29) is 11.6 Å². The molecule has 1 aromatic carbocycles. The topological polar surface area (TPSA) is 29.1 Å². The summed E-state index contributed by atoms with van der Waals surface area (Å²) < 4.78 is 27.6. The van der Waals surface area contributed by atoms with Crippen molar-refractivity contribution >= 4 is 21.8 Å². The molecule has 2 atom stereocenters. The lowest BCUT2D eigenvalue weighted by Gasteiger charge is -2.31. The van der Waals surface area contributed by atoms with Gasteiger partial charge in [0.05, 0.1) is 0 Å². The molecule has 1 saturated carbocycles. The third kappa shape index (κ3) is 3.19. The molecule has 0 saturated heterocycles. The van der Waals surface area contributed by atoms with Crippen molar-refractivity contribution in [2.75, 3.05) is 5.33 Å². The van der Waals surface area contributed by atoms with Crippen molar-refractivity contribution in [1.29, 1.82) is 0 Å². The van der Waals surface area contributed by atoms with Crippen LogP contribution in [0.2, 0.25) is 0 Å². The van der Waals surface area contributed by atoms with Crippen LogP contribution >= 0.6 is 15.9 Å². The van der Waals surface area contributed by atoms with Gasteiger partial charge in [-0.2, -0.15) is 0 Å². The number of alkyl halides is 1. The van der Waals surface area contributed by atoms with Gasteiger partial charge in [-0.1, -0.05) is 34.8 Å². The van der Waals surface area contributed by atoms with Gasteiger partial charge in [-0.15, -0.1) is 0 Å². The highest BCUT2D eigenvalue weighted by Crippen LogP contribution is 2.26. The molecule has 1 aliphatic rings. The van der Waals surface area contributed by atoms with Crippen LogP contribution in [0.25, 0.3) is 0 Å². The summed E-state index contributed by atoms with van der Waals surface area (Å²) in [6.07, 6.45) is 4.05. The Bertz CT molecular complexity index is 507. The molecule has 2 nitrogen and oxygen atoms in total. The molecule has 0 aromatic heterocycles. The Labute approximate surface area is 126 Å². The second kappa shape index (κ2) is 6.66. The maximum atomic E-state index is 13.9. The molecule has 0 spiro atoms. The van der Waals surface area contributed by atoms with Crippen LogP contribution in [0.15, 0.2) is 12.1 Å². The fourth-order valence-electron chi connectivity index (χ4n) is 2.69. The maximum Gasteiger partial charge on any atom is 0.257 e. The third-order valence-corrected chi connectivity index (χ3v) is 4.77. The van der Waals surface area contributed by atoms with E-state index in [2.05, 4.69) is 21.2 Å². The Hall–Kier alpha value is -0.970. The Morgan fingerprint density at radius 3 is 2.75 bits per heavy atom.